The van der Waals surface area contributed by atoms with Crippen molar-refractivity contribution in [1.82, 2.24) is 14.7 Å². The highest BCUT2D eigenvalue weighted by atomic mass is 32.2. The maximum Gasteiger partial charge on any atom is 0.236 e. The average molecular weight is 326 g/mol. The second kappa shape index (κ2) is 8.55. The summed E-state index contributed by atoms with van der Waals surface area (Å²) in [6.07, 6.45) is 7.69. The molecule has 0 saturated carbocycles. The van der Waals surface area contributed by atoms with E-state index in [4.69, 9.17) is 0 Å². The van der Waals surface area contributed by atoms with Crippen molar-refractivity contribution < 1.29 is 4.79 Å². The van der Waals surface area contributed by atoms with Crippen LogP contribution in [0.1, 0.15) is 38.5 Å². The third kappa shape index (κ3) is 4.62. The molecule has 1 atom stereocenters. The number of rotatable bonds is 3. The van der Waals surface area contributed by atoms with E-state index in [0.717, 1.165) is 45.2 Å². The molecule has 0 bridgehead atoms. The molecule has 3 rings (SSSR count). The van der Waals surface area contributed by atoms with Gasteiger partial charge in [0, 0.05) is 38.0 Å². The number of nitrogens with zero attached hydrogens (tertiary/aromatic N) is 3. The Morgan fingerprint density at radius 1 is 0.909 bits per heavy atom. The molecule has 22 heavy (non-hydrogen) atoms. The average Bonchev–Trinajstić information content (AvgIpc) is 2.79. The lowest BCUT2D eigenvalue weighted by Gasteiger charge is -2.27. The van der Waals surface area contributed by atoms with Crippen molar-refractivity contribution in [1.29, 1.82) is 0 Å². The number of hydrogen-bond acceptors (Lipinski definition) is 4. The Morgan fingerprint density at radius 3 is 2.45 bits per heavy atom. The summed E-state index contributed by atoms with van der Waals surface area (Å²) in [6, 6.07) is 0.769. The van der Waals surface area contributed by atoms with Gasteiger partial charge in [0.25, 0.3) is 0 Å². The molecule has 3 saturated heterocycles. The van der Waals surface area contributed by atoms with Crippen LogP contribution in [0.4, 0.5) is 0 Å². The van der Waals surface area contributed by atoms with Crippen LogP contribution in [0.5, 0.6) is 0 Å². The molecular weight excluding hydrogens is 294 g/mol. The van der Waals surface area contributed by atoms with Crippen molar-refractivity contribution in [3.8, 4) is 0 Å². The fraction of sp³-hybridized carbons (Fsp3) is 0.941. The highest BCUT2D eigenvalue weighted by Crippen LogP contribution is 2.23. The van der Waals surface area contributed by atoms with Crippen LogP contribution >= 0.6 is 11.8 Å². The summed E-state index contributed by atoms with van der Waals surface area (Å²) in [6.45, 7) is 7.04. The topological polar surface area (TPSA) is 26.8 Å². The molecule has 4 nitrogen and oxygen atoms in total. The molecule has 0 aliphatic carbocycles. The molecule has 126 valence electrons. The predicted octanol–water partition coefficient (Wildman–Crippen LogP) is 1.90. The first-order valence-electron chi connectivity index (χ1n) is 9.15. The number of carbonyl (C=O) groups excluding carboxylic acids is 1. The van der Waals surface area contributed by atoms with E-state index in [-0.39, 0.29) is 0 Å². The van der Waals surface area contributed by atoms with E-state index in [1.54, 1.807) is 0 Å². The fourth-order valence-electron chi connectivity index (χ4n) is 3.95. The lowest BCUT2D eigenvalue weighted by molar-refractivity contribution is -0.132. The Labute approximate surface area is 139 Å². The van der Waals surface area contributed by atoms with Crippen LogP contribution in [0, 0.1) is 0 Å². The van der Waals surface area contributed by atoms with Gasteiger partial charge in [-0.15, -0.1) is 0 Å². The molecule has 1 unspecified atom stereocenters. The molecule has 3 aliphatic rings. The first-order valence-corrected chi connectivity index (χ1v) is 10.3. The Bertz CT molecular complexity index is 352. The van der Waals surface area contributed by atoms with E-state index in [1.165, 1.54) is 50.2 Å². The van der Waals surface area contributed by atoms with Gasteiger partial charge in [-0.3, -0.25) is 14.6 Å². The summed E-state index contributed by atoms with van der Waals surface area (Å²) >= 11 is 2.09. The molecule has 3 heterocycles. The number of likely N-dealkylation sites (tertiary alicyclic amines) is 1. The van der Waals surface area contributed by atoms with Crippen LogP contribution in [-0.2, 0) is 4.79 Å². The lowest BCUT2D eigenvalue weighted by Crippen LogP contribution is -2.43. The van der Waals surface area contributed by atoms with Crippen molar-refractivity contribution in [2.45, 2.75) is 44.6 Å². The molecule has 0 aromatic heterocycles. The second-order valence-electron chi connectivity index (χ2n) is 6.98. The van der Waals surface area contributed by atoms with Crippen LogP contribution < -0.4 is 0 Å². The van der Waals surface area contributed by atoms with Gasteiger partial charge in [-0.2, -0.15) is 11.8 Å². The Kier molecular flexibility index (Phi) is 6.45. The number of carbonyl (C=O) groups is 1. The third-order valence-electron chi connectivity index (χ3n) is 5.36. The van der Waals surface area contributed by atoms with Gasteiger partial charge in [-0.1, -0.05) is 12.8 Å². The van der Waals surface area contributed by atoms with Crippen molar-refractivity contribution in [3.63, 3.8) is 0 Å². The molecule has 0 spiro atoms. The van der Waals surface area contributed by atoms with Crippen molar-refractivity contribution in [2.24, 2.45) is 0 Å². The van der Waals surface area contributed by atoms with Crippen LogP contribution in [0.15, 0.2) is 0 Å². The fourth-order valence-corrected chi connectivity index (χ4v) is 5.20. The molecule has 3 fully saturated rings. The zero-order chi connectivity index (χ0) is 15.2. The Morgan fingerprint density at radius 2 is 1.73 bits per heavy atom. The first-order chi connectivity index (χ1) is 10.8. The zero-order valence-corrected chi connectivity index (χ0v) is 14.7. The quantitative estimate of drug-likeness (QED) is 0.792. The van der Waals surface area contributed by atoms with Crippen molar-refractivity contribution in [3.05, 3.63) is 0 Å². The van der Waals surface area contributed by atoms with E-state index in [1.807, 2.05) is 0 Å². The summed E-state index contributed by atoms with van der Waals surface area (Å²) in [7, 11) is 0. The Hall–Kier alpha value is -0.260. The van der Waals surface area contributed by atoms with E-state index in [2.05, 4.69) is 26.5 Å². The highest BCUT2D eigenvalue weighted by Gasteiger charge is 2.27. The minimum absolute atomic E-state index is 0.365. The summed E-state index contributed by atoms with van der Waals surface area (Å²) in [5.41, 5.74) is 0. The molecule has 1 amide bonds. The van der Waals surface area contributed by atoms with Crippen LogP contribution in [0.2, 0.25) is 0 Å². The van der Waals surface area contributed by atoms with Gasteiger partial charge < -0.3 is 4.90 Å². The normalized spacial score (nSPS) is 29.3. The summed E-state index contributed by atoms with van der Waals surface area (Å²) in [4.78, 5) is 19.8. The van der Waals surface area contributed by atoms with Crippen LogP contribution in [0.3, 0.4) is 0 Å². The lowest BCUT2D eigenvalue weighted by atomic mass is 10.2. The largest absolute Gasteiger partial charge is 0.340 e. The standard InChI is InChI=1S/C17H31N3OS/c21-17(14-18-7-3-1-2-4-8-18)20-10-5-9-19(11-12-20)16-6-13-22-15-16/h16H,1-15H2. The van der Waals surface area contributed by atoms with Gasteiger partial charge in [-0.25, -0.2) is 0 Å². The minimum Gasteiger partial charge on any atom is -0.340 e. The molecule has 5 heteroatoms. The van der Waals surface area contributed by atoms with E-state index in [0.29, 0.717) is 12.5 Å². The maximum atomic E-state index is 12.6. The monoisotopic (exact) mass is 325 g/mol. The van der Waals surface area contributed by atoms with Crippen molar-refractivity contribution in [2.75, 3.05) is 57.3 Å². The molecule has 0 aromatic rings. The van der Waals surface area contributed by atoms with Crippen molar-refractivity contribution >= 4 is 17.7 Å². The molecular formula is C17H31N3OS. The smallest absolute Gasteiger partial charge is 0.236 e. The van der Waals surface area contributed by atoms with Gasteiger partial charge in [-0.05, 0) is 44.5 Å². The molecule has 0 N–H and O–H groups in total. The van der Waals surface area contributed by atoms with Gasteiger partial charge in [0.15, 0.2) is 0 Å². The summed E-state index contributed by atoms with van der Waals surface area (Å²) in [5.74, 6) is 2.98. The molecule has 0 aromatic carbocycles. The van der Waals surface area contributed by atoms with Gasteiger partial charge in [0.1, 0.15) is 0 Å². The minimum atomic E-state index is 0.365. The van der Waals surface area contributed by atoms with Crippen LogP contribution in [-0.4, -0.2) is 84.0 Å². The van der Waals surface area contributed by atoms with Crippen LogP contribution in [0.25, 0.3) is 0 Å². The van der Waals surface area contributed by atoms with Gasteiger partial charge in [0.05, 0.1) is 6.54 Å². The van der Waals surface area contributed by atoms with E-state index >= 15 is 0 Å². The maximum absolute atomic E-state index is 12.6. The molecule has 3 aliphatic heterocycles. The summed E-state index contributed by atoms with van der Waals surface area (Å²) < 4.78 is 0. The highest BCUT2D eigenvalue weighted by molar-refractivity contribution is 7.99. The van der Waals surface area contributed by atoms with E-state index < -0.39 is 0 Å². The number of hydrogen-bond donors (Lipinski definition) is 0. The Balaban J connectivity index is 1.46. The predicted molar refractivity (Wildman–Crippen MR) is 93.4 cm³/mol. The van der Waals surface area contributed by atoms with Gasteiger partial charge >= 0.3 is 0 Å². The third-order valence-corrected chi connectivity index (χ3v) is 6.51. The SMILES string of the molecule is O=C(CN1CCCCCC1)N1CCCN(C2CCSC2)CC1. The first kappa shape index (κ1) is 16.6. The molecule has 0 radical (unpaired) electrons. The second-order valence-corrected chi connectivity index (χ2v) is 8.13. The zero-order valence-electron chi connectivity index (χ0n) is 13.8. The van der Waals surface area contributed by atoms with Gasteiger partial charge in [0.2, 0.25) is 5.91 Å². The number of amides is 1. The summed E-state index contributed by atoms with van der Waals surface area (Å²) in [5, 5.41) is 0. The van der Waals surface area contributed by atoms with E-state index in [9.17, 15) is 4.79 Å². The number of thioether (sulfide) groups is 1.